The Hall–Kier alpha value is -2.86. The molecule has 2 N–H and O–H groups in total. The molecule has 176 valence electrons. The topological polar surface area (TPSA) is 57.1 Å². The van der Waals surface area contributed by atoms with Crippen LogP contribution in [0.25, 0.3) is 0 Å². The molecule has 1 saturated heterocycles. The smallest absolute Gasteiger partial charge is 0.120 e. The van der Waals surface area contributed by atoms with E-state index in [0.29, 0.717) is 11.4 Å². The number of nitrogens with one attached hydrogen (secondary N) is 1. The van der Waals surface area contributed by atoms with Crippen molar-refractivity contribution in [2.45, 2.75) is 37.5 Å². The number of phenolic OH excluding ortho intramolecular Hbond substituents is 1. The number of nitrogens with zero attached hydrogens (tertiary/aromatic N) is 2. The number of halogens is 1. The van der Waals surface area contributed by atoms with Crippen molar-refractivity contribution in [1.29, 1.82) is 0 Å². The van der Waals surface area contributed by atoms with Crippen molar-refractivity contribution >= 4 is 17.3 Å². The van der Waals surface area contributed by atoms with E-state index < -0.39 is 0 Å². The number of benzene rings is 3. The third-order valence-corrected chi connectivity index (χ3v) is 7.12. The molecule has 5 nitrogen and oxygen atoms in total. The number of hydrogen-bond donors (Lipinski definition) is 2. The Balaban J connectivity index is 1.44. The van der Waals surface area contributed by atoms with Gasteiger partial charge in [-0.05, 0) is 54.3 Å². The van der Waals surface area contributed by atoms with Crippen LogP contribution in [0.2, 0.25) is 5.02 Å². The normalized spacial score (nSPS) is 20.2. The van der Waals surface area contributed by atoms with Gasteiger partial charge in [-0.2, -0.15) is 0 Å². The number of rotatable bonds is 5. The zero-order chi connectivity index (χ0) is 23.5. The standard InChI is InChI=1S/C28H30ClN3O2/c1-34-23-9-5-8-21(16-23)25-18-26(24-17-22(29)10-11-27(24)33)31-28(30-25)12-14-32(15-13-28)19-20-6-3-2-4-7-20/h2-11,16-17,26,31,33H,12-15,18-19H2,1H3/t26-/m0/s1. The van der Waals surface area contributed by atoms with E-state index in [9.17, 15) is 5.11 Å². The van der Waals surface area contributed by atoms with Crippen molar-refractivity contribution in [2.75, 3.05) is 20.2 Å². The molecule has 0 aliphatic carbocycles. The van der Waals surface area contributed by atoms with E-state index in [1.807, 2.05) is 24.3 Å². The molecule has 0 amide bonds. The van der Waals surface area contributed by atoms with Gasteiger partial charge in [0.2, 0.25) is 0 Å². The van der Waals surface area contributed by atoms with E-state index in [-0.39, 0.29) is 17.5 Å². The molecule has 1 spiro atoms. The highest BCUT2D eigenvalue weighted by Crippen LogP contribution is 2.38. The molecule has 3 aromatic rings. The largest absolute Gasteiger partial charge is 0.508 e. The zero-order valence-corrected chi connectivity index (χ0v) is 20.1. The summed E-state index contributed by atoms with van der Waals surface area (Å²) in [5, 5.41) is 15.1. The van der Waals surface area contributed by atoms with E-state index >= 15 is 0 Å². The molecule has 1 atom stereocenters. The quantitative estimate of drug-likeness (QED) is 0.506. The van der Waals surface area contributed by atoms with Crippen molar-refractivity contribution in [1.82, 2.24) is 10.2 Å². The fraction of sp³-hybridized carbons (Fsp3) is 0.321. The summed E-state index contributed by atoms with van der Waals surface area (Å²) >= 11 is 6.31. The first-order valence-electron chi connectivity index (χ1n) is 11.8. The van der Waals surface area contributed by atoms with Gasteiger partial charge in [0.25, 0.3) is 0 Å². The summed E-state index contributed by atoms with van der Waals surface area (Å²) in [6.07, 6.45) is 2.45. The summed E-state index contributed by atoms with van der Waals surface area (Å²) < 4.78 is 5.46. The fourth-order valence-corrected chi connectivity index (χ4v) is 5.24. The number of ether oxygens (including phenoxy) is 1. The van der Waals surface area contributed by atoms with Gasteiger partial charge in [0.05, 0.1) is 7.11 Å². The maximum Gasteiger partial charge on any atom is 0.120 e. The molecule has 5 rings (SSSR count). The van der Waals surface area contributed by atoms with Gasteiger partial charge in [-0.15, -0.1) is 0 Å². The van der Waals surface area contributed by atoms with Crippen LogP contribution in [0.4, 0.5) is 0 Å². The number of phenols is 1. The van der Waals surface area contributed by atoms with Crippen LogP contribution in [0.5, 0.6) is 11.5 Å². The first-order valence-corrected chi connectivity index (χ1v) is 12.2. The number of aliphatic imine (C=N–C) groups is 1. The average molecular weight is 476 g/mol. The number of hydrogen-bond acceptors (Lipinski definition) is 5. The Morgan fingerprint density at radius 3 is 2.62 bits per heavy atom. The molecule has 2 aliphatic heterocycles. The molecule has 2 heterocycles. The highest BCUT2D eigenvalue weighted by Gasteiger charge is 2.40. The lowest BCUT2D eigenvalue weighted by molar-refractivity contribution is 0.120. The predicted octanol–water partition coefficient (Wildman–Crippen LogP) is 5.57. The molecule has 3 aromatic carbocycles. The minimum absolute atomic E-state index is 0.0851. The molecule has 1 fully saturated rings. The summed E-state index contributed by atoms with van der Waals surface area (Å²) in [4.78, 5) is 7.79. The average Bonchev–Trinajstić information content (AvgIpc) is 2.87. The summed E-state index contributed by atoms with van der Waals surface area (Å²) in [6.45, 7) is 2.85. The molecule has 34 heavy (non-hydrogen) atoms. The summed E-state index contributed by atoms with van der Waals surface area (Å²) in [6, 6.07) is 23.8. The second kappa shape index (κ2) is 9.79. The fourth-order valence-electron chi connectivity index (χ4n) is 5.06. The van der Waals surface area contributed by atoms with E-state index in [1.54, 1.807) is 19.2 Å². The monoisotopic (exact) mass is 475 g/mol. The Morgan fingerprint density at radius 2 is 1.85 bits per heavy atom. The van der Waals surface area contributed by atoms with E-state index in [1.165, 1.54) is 5.56 Å². The molecule has 6 heteroatoms. The van der Waals surface area contributed by atoms with E-state index in [0.717, 1.165) is 55.1 Å². The molecular formula is C28H30ClN3O2. The van der Waals surface area contributed by atoms with E-state index in [2.05, 4.69) is 46.6 Å². The third kappa shape index (κ3) is 4.97. The van der Waals surface area contributed by atoms with Crippen LogP contribution in [0, 0.1) is 0 Å². The maximum absolute atomic E-state index is 10.7. The molecule has 0 radical (unpaired) electrons. The Kier molecular flexibility index (Phi) is 6.59. The molecule has 0 aromatic heterocycles. The Morgan fingerprint density at radius 1 is 1.06 bits per heavy atom. The lowest BCUT2D eigenvalue weighted by Gasteiger charge is -2.45. The van der Waals surface area contributed by atoms with Crippen molar-refractivity contribution in [3.63, 3.8) is 0 Å². The summed E-state index contributed by atoms with van der Waals surface area (Å²) in [5.41, 5.74) is 3.84. The molecule has 0 unspecified atom stereocenters. The number of piperidine rings is 1. The molecule has 0 bridgehead atoms. The number of aromatic hydroxyl groups is 1. The Bertz CT molecular complexity index is 1170. The number of methoxy groups -OCH3 is 1. The zero-order valence-electron chi connectivity index (χ0n) is 19.4. The van der Waals surface area contributed by atoms with Crippen molar-refractivity contribution in [2.24, 2.45) is 4.99 Å². The van der Waals surface area contributed by atoms with Gasteiger partial charge in [0.15, 0.2) is 0 Å². The first-order chi connectivity index (χ1) is 16.5. The Labute approximate surface area is 206 Å². The predicted molar refractivity (Wildman–Crippen MR) is 137 cm³/mol. The molecular weight excluding hydrogens is 446 g/mol. The van der Waals surface area contributed by atoms with Crippen LogP contribution >= 0.6 is 11.6 Å². The van der Waals surface area contributed by atoms with Gasteiger partial charge in [0.1, 0.15) is 17.2 Å². The van der Waals surface area contributed by atoms with E-state index in [4.69, 9.17) is 21.3 Å². The van der Waals surface area contributed by atoms with Gasteiger partial charge in [-0.1, -0.05) is 54.1 Å². The van der Waals surface area contributed by atoms with Gasteiger partial charge in [-0.25, -0.2) is 0 Å². The van der Waals surface area contributed by atoms with Gasteiger partial charge in [-0.3, -0.25) is 15.2 Å². The molecule has 0 saturated carbocycles. The van der Waals surface area contributed by atoms with Crippen molar-refractivity contribution < 1.29 is 9.84 Å². The van der Waals surface area contributed by atoms with Gasteiger partial charge < -0.3 is 9.84 Å². The van der Waals surface area contributed by atoms with Crippen molar-refractivity contribution in [3.8, 4) is 11.5 Å². The maximum atomic E-state index is 10.7. The van der Waals surface area contributed by atoms with Gasteiger partial charge in [0, 0.05) is 48.4 Å². The van der Waals surface area contributed by atoms with Crippen LogP contribution in [0.15, 0.2) is 77.8 Å². The number of likely N-dealkylation sites (tertiary alicyclic amines) is 1. The molecule has 2 aliphatic rings. The second-order valence-corrected chi connectivity index (χ2v) is 9.62. The lowest BCUT2D eigenvalue weighted by Crippen LogP contribution is -2.55. The van der Waals surface area contributed by atoms with Crippen LogP contribution in [-0.2, 0) is 6.54 Å². The van der Waals surface area contributed by atoms with Crippen LogP contribution in [-0.4, -0.2) is 41.6 Å². The van der Waals surface area contributed by atoms with Gasteiger partial charge >= 0.3 is 0 Å². The highest BCUT2D eigenvalue weighted by atomic mass is 35.5. The SMILES string of the molecule is COc1cccc(C2=NC3(CCN(Cc4ccccc4)CC3)N[C@H](c3cc(Cl)ccc3O)C2)c1. The first kappa shape index (κ1) is 22.9. The van der Waals surface area contributed by atoms with Crippen LogP contribution in [0.1, 0.15) is 42.0 Å². The van der Waals surface area contributed by atoms with Crippen molar-refractivity contribution in [3.05, 3.63) is 94.5 Å². The second-order valence-electron chi connectivity index (χ2n) is 9.19. The highest BCUT2D eigenvalue weighted by molar-refractivity contribution is 6.30. The minimum atomic E-state index is -0.386. The summed E-state index contributed by atoms with van der Waals surface area (Å²) in [7, 11) is 1.68. The van der Waals surface area contributed by atoms with Crippen LogP contribution < -0.4 is 10.1 Å². The minimum Gasteiger partial charge on any atom is -0.508 e. The summed E-state index contributed by atoms with van der Waals surface area (Å²) in [5.74, 6) is 1.07. The van der Waals surface area contributed by atoms with Crippen LogP contribution in [0.3, 0.4) is 0 Å². The lowest BCUT2D eigenvalue weighted by atomic mass is 9.87. The third-order valence-electron chi connectivity index (χ3n) is 6.89.